The second-order valence-corrected chi connectivity index (χ2v) is 6.50. The van der Waals surface area contributed by atoms with Crippen LogP contribution >= 0.6 is 0 Å². The molecule has 0 unspecified atom stereocenters. The Morgan fingerprint density at radius 3 is 2.33 bits per heavy atom. The van der Waals surface area contributed by atoms with Crippen molar-refractivity contribution in [3.05, 3.63) is 92.1 Å². The number of nitrogens with two attached hydrogens (primary N) is 1. The van der Waals surface area contributed by atoms with Crippen molar-refractivity contribution >= 4 is 17.6 Å². The monoisotopic (exact) mass is 409 g/mol. The molecule has 3 aromatic rings. The largest absolute Gasteiger partial charge is 0.507 e. The van der Waals surface area contributed by atoms with Gasteiger partial charge in [0.15, 0.2) is 6.61 Å². The predicted molar refractivity (Wildman–Crippen MR) is 109 cm³/mol. The van der Waals surface area contributed by atoms with Gasteiger partial charge in [0.1, 0.15) is 22.7 Å². The Bertz CT molecular complexity index is 1230. The highest BCUT2D eigenvalue weighted by Gasteiger charge is 2.23. The van der Waals surface area contributed by atoms with Gasteiger partial charge in [0, 0.05) is 7.05 Å². The fourth-order valence-corrected chi connectivity index (χ4v) is 2.89. The van der Waals surface area contributed by atoms with Gasteiger partial charge in [-0.2, -0.15) is 0 Å². The Hall–Kier alpha value is -4.14. The summed E-state index contributed by atoms with van der Waals surface area (Å²) in [5, 5.41) is 9.70. The molecule has 2 aromatic carbocycles. The molecule has 3 N–H and O–H groups in total. The number of hydrogen-bond donors (Lipinski definition) is 2. The summed E-state index contributed by atoms with van der Waals surface area (Å²) < 4.78 is 6.80. The molecule has 0 bridgehead atoms. The number of Topliss-reactive ketones (excluding diaryl/α,β-unsaturated/α-hetero) is 1. The number of aromatic hydroxyl groups is 1. The second-order valence-electron chi connectivity index (χ2n) is 6.50. The molecule has 1 aromatic heterocycles. The zero-order valence-electron chi connectivity index (χ0n) is 16.1. The van der Waals surface area contributed by atoms with E-state index in [9.17, 15) is 24.3 Å². The van der Waals surface area contributed by atoms with Crippen LogP contribution in [0.3, 0.4) is 0 Å². The van der Waals surface area contributed by atoms with Crippen molar-refractivity contribution in [2.24, 2.45) is 7.05 Å². The van der Waals surface area contributed by atoms with Crippen LogP contribution < -0.4 is 17.0 Å². The molecule has 154 valence electrons. The van der Waals surface area contributed by atoms with Crippen molar-refractivity contribution in [3.63, 3.8) is 0 Å². The molecule has 0 radical (unpaired) electrons. The number of carbonyl (C=O) groups excluding carboxylic acids is 2. The van der Waals surface area contributed by atoms with Crippen LogP contribution in [0.15, 0.2) is 64.2 Å². The summed E-state index contributed by atoms with van der Waals surface area (Å²) >= 11 is 0. The summed E-state index contributed by atoms with van der Waals surface area (Å²) in [6.45, 7) is -0.728. The van der Waals surface area contributed by atoms with Crippen LogP contribution in [0.1, 0.15) is 26.3 Å². The Labute approximate surface area is 170 Å². The number of ketones is 1. The van der Waals surface area contributed by atoms with Crippen LogP contribution in [-0.2, 0) is 18.3 Å². The fourth-order valence-electron chi connectivity index (χ4n) is 2.89. The van der Waals surface area contributed by atoms with E-state index in [0.717, 1.165) is 14.7 Å². The molecule has 3 rings (SSSR count). The maximum Gasteiger partial charge on any atom is 0.342 e. The first-order chi connectivity index (χ1) is 14.3. The third-order valence-corrected chi connectivity index (χ3v) is 4.50. The molecule has 0 aliphatic rings. The molecule has 0 aliphatic heterocycles. The van der Waals surface area contributed by atoms with E-state index in [2.05, 4.69) is 0 Å². The van der Waals surface area contributed by atoms with E-state index < -0.39 is 35.2 Å². The smallest absolute Gasteiger partial charge is 0.342 e. The van der Waals surface area contributed by atoms with Gasteiger partial charge in [0.25, 0.3) is 5.56 Å². The molecule has 9 heteroatoms. The van der Waals surface area contributed by atoms with Gasteiger partial charge in [-0.3, -0.25) is 18.7 Å². The Balaban J connectivity index is 1.90. The number of hydrogen-bond acceptors (Lipinski definition) is 7. The van der Waals surface area contributed by atoms with E-state index in [0.29, 0.717) is 0 Å². The van der Waals surface area contributed by atoms with Crippen molar-refractivity contribution in [2.75, 3.05) is 12.3 Å². The highest BCUT2D eigenvalue weighted by molar-refractivity contribution is 6.02. The minimum absolute atomic E-state index is 0.0532. The van der Waals surface area contributed by atoms with Crippen molar-refractivity contribution < 1.29 is 19.4 Å². The van der Waals surface area contributed by atoms with Gasteiger partial charge in [-0.25, -0.2) is 9.59 Å². The lowest BCUT2D eigenvalue weighted by molar-refractivity contribution is 0.0471. The first-order valence-corrected chi connectivity index (χ1v) is 8.92. The lowest BCUT2D eigenvalue weighted by Gasteiger charge is -2.15. The van der Waals surface area contributed by atoms with Crippen LogP contribution in [0.5, 0.6) is 5.75 Å². The lowest BCUT2D eigenvalue weighted by Crippen LogP contribution is -2.43. The molecule has 0 saturated carbocycles. The molecule has 9 nitrogen and oxygen atoms in total. The zero-order valence-corrected chi connectivity index (χ0v) is 16.1. The Morgan fingerprint density at radius 2 is 1.67 bits per heavy atom. The van der Waals surface area contributed by atoms with Gasteiger partial charge >= 0.3 is 11.7 Å². The van der Waals surface area contributed by atoms with Gasteiger partial charge in [-0.15, -0.1) is 0 Å². The highest BCUT2D eigenvalue weighted by Crippen LogP contribution is 2.17. The van der Waals surface area contributed by atoms with E-state index in [4.69, 9.17) is 10.5 Å². The van der Waals surface area contributed by atoms with E-state index >= 15 is 0 Å². The number of aromatic nitrogens is 2. The first-order valence-electron chi connectivity index (χ1n) is 8.92. The lowest BCUT2D eigenvalue weighted by atomic mass is 10.1. The summed E-state index contributed by atoms with van der Waals surface area (Å²) in [6.07, 6.45) is 0. The zero-order chi connectivity index (χ0) is 21.8. The number of rotatable bonds is 6. The molecule has 0 spiro atoms. The van der Waals surface area contributed by atoms with Crippen LogP contribution in [0.2, 0.25) is 0 Å². The minimum atomic E-state index is -0.936. The van der Waals surface area contributed by atoms with Crippen LogP contribution in [0.4, 0.5) is 5.82 Å². The Morgan fingerprint density at radius 1 is 1.03 bits per heavy atom. The number of phenolic OH excluding ortho intramolecular Hbond substituents is 1. The molecular formula is C21H19N3O6. The van der Waals surface area contributed by atoms with Crippen molar-refractivity contribution in [1.29, 1.82) is 0 Å². The maximum absolute atomic E-state index is 12.6. The number of nitrogen functional groups attached to an aromatic ring is 1. The standard InChI is InChI=1S/C21H19N3O6/c1-23-19(27)17(16(26)12-30-20(28)14-9-5-6-10-15(14)25)18(22)24(21(23)29)11-13-7-3-2-4-8-13/h2-10,25H,11-12,22H2,1H3. The number of ether oxygens (including phenoxy) is 1. The number of nitrogens with zero attached hydrogens (tertiary/aromatic N) is 2. The second kappa shape index (κ2) is 8.48. The number of benzene rings is 2. The number of para-hydroxylation sites is 1. The predicted octanol–water partition coefficient (Wildman–Crippen LogP) is 0.923. The topological polar surface area (TPSA) is 134 Å². The average molecular weight is 409 g/mol. The van der Waals surface area contributed by atoms with Gasteiger partial charge in [0.2, 0.25) is 5.78 Å². The quantitative estimate of drug-likeness (QED) is 0.457. The molecule has 0 atom stereocenters. The van der Waals surface area contributed by atoms with E-state index in [1.807, 2.05) is 6.07 Å². The SMILES string of the molecule is Cn1c(=O)c(C(=O)COC(=O)c2ccccc2O)c(N)n(Cc2ccccc2)c1=O. The summed E-state index contributed by atoms with van der Waals surface area (Å²) in [7, 11) is 1.23. The van der Waals surface area contributed by atoms with Crippen molar-refractivity contribution in [3.8, 4) is 5.75 Å². The molecule has 0 amide bonds. The third-order valence-electron chi connectivity index (χ3n) is 4.50. The number of phenols is 1. The minimum Gasteiger partial charge on any atom is -0.507 e. The summed E-state index contributed by atoms with van der Waals surface area (Å²) in [5.74, 6) is -2.41. The van der Waals surface area contributed by atoms with E-state index in [-0.39, 0.29) is 23.7 Å². The van der Waals surface area contributed by atoms with Gasteiger partial charge in [-0.05, 0) is 17.7 Å². The fraction of sp³-hybridized carbons (Fsp3) is 0.143. The molecule has 30 heavy (non-hydrogen) atoms. The van der Waals surface area contributed by atoms with Crippen LogP contribution in [0, 0.1) is 0 Å². The van der Waals surface area contributed by atoms with Crippen molar-refractivity contribution in [2.45, 2.75) is 6.54 Å². The van der Waals surface area contributed by atoms with Gasteiger partial charge < -0.3 is 15.6 Å². The number of carbonyl (C=O) groups is 2. The van der Waals surface area contributed by atoms with Crippen LogP contribution in [-0.4, -0.2) is 32.6 Å². The first kappa shape index (κ1) is 20.6. The third kappa shape index (κ3) is 4.00. The Kier molecular flexibility index (Phi) is 5.82. The number of esters is 1. The molecular weight excluding hydrogens is 390 g/mol. The van der Waals surface area contributed by atoms with Gasteiger partial charge in [-0.1, -0.05) is 42.5 Å². The molecule has 0 fully saturated rings. The molecule has 0 saturated heterocycles. The summed E-state index contributed by atoms with van der Waals surface area (Å²) in [4.78, 5) is 49.7. The maximum atomic E-state index is 12.6. The highest BCUT2D eigenvalue weighted by atomic mass is 16.5. The average Bonchev–Trinajstić information content (AvgIpc) is 2.75. The summed E-state index contributed by atoms with van der Waals surface area (Å²) in [5.41, 5.74) is 4.61. The summed E-state index contributed by atoms with van der Waals surface area (Å²) in [6, 6.07) is 14.6. The normalized spacial score (nSPS) is 10.6. The molecule has 1 heterocycles. The van der Waals surface area contributed by atoms with Gasteiger partial charge in [0.05, 0.1) is 6.54 Å². The van der Waals surface area contributed by atoms with E-state index in [1.54, 1.807) is 24.3 Å². The van der Waals surface area contributed by atoms with Crippen molar-refractivity contribution in [1.82, 2.24) is 9.13 Å². The van der Waals surface area contributed by atoms with E-state index in [1.165, 1.54) is 31.3 Å². The number of anilines is 1. The molecule has 0 aliphatic carbocycles. The van der Waals surface area contributed by atoms with Crippen LogP contribution in [0.25, 0.3) is 0 Å².